The SMILES string of the molecule is O=C(CCc1cccc(Cl)c1)N1CCCC(CN2CCN(c3ccccn3)CC2)C1. The molecule has 5 nitrogen and oxygen atoms in total. The zero-order valence-corrected chi connectivity index (χ0v) is 18.3. The van der Waals surface area contributed by atoms with Crippen LogP contribution in [-0.2, 0) is 11.2 Å². The highest BCUT2D eigenvalue weighted by molar-refractivity contribution is 6.30. The monoisotopic (exact) mass is 426 g/mol. The molecule has 2 saturated heterocycles. The van der Waals surface area contributed by atoms with Crippen molar-refractivity contribution in [2.75, 3.05) is 50.7 Å². The van der Waals surface area contributed by atoms with Crippen LogP contribution in [0.2, 0.25) is 5.02 Å². The topological polar surface area (TPSA) is 39.7 Å². The van der Waals surface area contributed by atoms with E-state index in [9.17, 15) is 4.79 Å². The van der Waals surface area contributed by atoms with Crippen LogP contribution in [0.4, 0.5) is 5.82 Å². The zero-order chi connectivity index (χ0) is 20.8. The van der Waals surface area contributed by atoms with E-state index in [4.69, 9.17) is 11.6 Å². The molecule has 1 atom stereocenters. The molecule has 1 amide bonds. The Labute approximate surface area is 184 Å². The molecule has 0 radical (unpaired) electrons. The van der Waals surface area contributed by atoms with Crippen molar-refractivity contribution >= 4 is 23.3 Å². The zero-order valence-electron chi connectivity index (χ0n) is 17.5. The first-order chi connectivity index (χ1) is 14.7. The minimum absolute atomic E-state index is 0.277. The van der Waals surface area contributed by atoms with E-state index in [1.165, 1.54) is 6.42 Å². The summed E-state index contributed by atoms with van der Waals surface area (Å²) in [4.78, 5) is 24.2. The molecule has 6 heteroatoms. The van der Waals surface area contributed by atoms with Crippen molar-refractivity contribution in [2.24, 2.45) is 5.92 Å². The van der Waals surface area contributed by atoms with Crippen LogP contribution >= 0.6 is 11.6 Å². The first kappa shape index (κ1) is 21.1. The second-order valence-corrected chi connectivity index (χ2v) is 8.89. The van der Waals surface area contributed by atoms with Gasteiger partial charge in [0.15, 0.2) is 0 Å². The quantitative estimate of drug-likeness (QED) is 0.705. The van der Waals surface area contributed by atoms with Gasteiger partial charge in [0, 0.05) is 63.5 Å². The number of pyridine rings is 1. The lowest BCUT2D eigenvalue weighted by Crippen LogP contribution is -2.50. The van der Waals surface area contributed by atoms with Gasteiger partial charge in [0.1, 0.15) is 5.82 Å². The van der Waals surface area contributed by atoms with Crippen molar-refractivity contribution < 1.29 is 4.79 Å². The van der Waals surface area contributed by atoms with Gasteiger partial charge in [0.05, 0.1) is 0 Å². The van der Waals surface area contributed by atoms with Gasteiger partial charge in [-0.2, -0.15) is 0 Å². The van der Waals surface area contributed by atoms with Crippen molar-refractivity contribution in [1.82, 2.24) is 14.8 Å². The van der Waals surface area contributed by atoms with E-state index in [1.54, 1.807) is 0 Å². The molecule has 30 heavy (non-hydrogen) atoms. The van der Waals surface area contributed by atoms with Gasteiger partial charge < -0.3 is 9.80 Å². The molecule has 160 valence electrons. The fourth-order valence-corrected chi connectivity index (χ4v) is 4.82. The number of anilines is 1. The number of aryl methyl sites for hydroxylation is 1. The average Bonchev–Trinajstić information content (AvgIpc) is 2.79. The van der Waals surface area contributed by atoms with Crippen LogP contribution in [0.15, 0.2) is 48.7 Å². The van der Waals surface area contributed by atoms with Crippen LogP contribution in [0.25, 0.3) is 0 Å². The molecular weight excluding hydrogens is 396 g/mol. The van der Waals surface area contributed by atoms with Crippen LogP contribution in [0.1, 0.15) is 24.8 Å². The van der Waals surface area contributed by atoms with Gasteiger partial charge in [0.25, 0.3) is 0 Å². The molecule has 0 spiro atoms. The van der Waals surface area contributed by atoms with Gasteiger partial charge in [-0.3, -0.25) is 9.69 Å². The molecule has 1 aromatic carbocycles. The van der Waals surface area contributed by atoms with Gasteiger partial charge >= 0.3 is 0 Å². The van der Waals surface area contributed by atoms with Gasteiger partial charge in [0.2, 0.25) is 5.91 Å². The van der Waals surface area contributed by atoms with E-state index in [0.29, 0.717) is 12.3 Å². The molecule has 0 bridgehead atoms. The standard InChI is InChI=1S/C24H31ClN4O/c25-22-7-3-5-20(17-22)9-10-24(30)29-12-4-6-21(19-29)18-27-13-15-28(16-14-27)23-8-1-2-11-26-23/h1-3,5,7-8,11,17,21H,4,6,9-10,12-16,18-19H2. The molecule has 0 N–H and O–H groups in total. The molecule has 2 aliphatic rings. The number of piperazine rings is 1. The Morgan fingerprint density at radius 2 is 1.93 bits per heavy atom. The number of halogens is 1. The van der Waals surface area contributed by atoms with E-state index >= 15 is 0 Å². The third kappa shape index (κ3) is 5.73. The fraction of sp³-hybridized carbons (Fsp3) is 0.500. The lowest BCUT2D eigenvalue weighted by molar-refractivity contribution is -0.133. The van der Waals surface area contributed by atoms with E-state index < -0.39 is 0 Å². The Hall–Kier alpha value is -2.11. The molecule has 2 fully saturated rings. The molecule has 3 heterocycles. The molecule has 0 saturated carbocycles. The molecule has 0 aliphatic carbocycles. The maximum absolute atomic E-state index is 12.8. The smallest absolute Gasteiger partial charge is 0.222 e. The number of hydrogen-bond acceptors (Lipinski definition) is 4. The number of aromatic nitrogens is 1. The molecule has 2 aliphatic heterocycles. The molecule has 2 aromatic rings. The highest BCUT2D eigenvalue weighted by Gasteiger charge is 2.26. The average molecular weight is 427 g/mol. The minimum Gasteiger partial charge on any atom is -0.354 e. The summed E-state index contributed by atoms with van der Waals surface area (Å²) in [5.74, 6) is 1.93. The van der Waals surface area contributed by atoms with Crippen molar-refractivity contribution in [3.05, 3.63) is 59.2 Å². The van der Waals surface area contributed by atoms with E-state index in [1.807, 2.05) is 36.5 Å². The first-order valence-electron chi connectivity index (χ1n) is 11.1. The summed E-state index contributed by atoms with van der Waals surface area (Å²) in [6, 6.07) is 13.9. The first-order valence-corrected chi connectivity index (χ1v) is 11.5. The normalized spacial score (nSPS) is 20.4. The third-order valence-electron chi connectivity index (χ3n) is 6.25. The number of carbonyl (C=O) groups excluding carboxylic acids is 1. The Kier molecular flexibility index (Phi) is 7.24. The fourth-order valence-electron chi connectivity index (χ4n) is 4.61. The maximum atomic E-state index is 12.8. The molecular formula is C24H31ClN4O. The van der Waals surface area contributed by atoms with Gasteiger partial charge in [-0.05, 0) is 55.0 Å². The Balaban J connectivity index is 1.22. The summed E-state index contributed by atoms with van der Waals surface area (Å²) >= 11 is 6.06. The number of piperidine rings is 1. The number of rotatable bonds is 6. The summed E-state index contributed by atoms with van der Waals surface area (Å²) in [7, 11) is 0. The molecule has 1 unspecified atom stereocenters. The van der Waals surface area contributed by atoms with Crippen molar-refractivity contribution in [2.45, 2.75) is 25.7 Å². The largest absolute Gasteiger partial charge is 0.354 e. The van der Waals surface area contributed by atoms with E-state index in [2.05, 4.69) is 31.8 Å². The molecule has 4 rings (SSSR count). The summed E-state index contributed by atoms with van der Waals surface area (Å²) in [6.07, 6.45) is 5.52. The minimum atomic E-state index is 0.277. The highest BCUT2D eigenvalue weighted by Crippen LogP contribution is 2.21. The highest BCUT2D eigenvalue weighted by atomic mass is 35.5. The number of hydrogen-bond donors (Lipinski definition) is 0. The van der Waals surface area contributed by atoms with Gasteiger partial charge in [-0.25, -0.2) is 4.98 Å². The van der Waals surface area contributed by atoms with Gasteiger partial charge in [-0.1, -0.05) is 29.8 Å². The number of nitrogens with zero attached hydrogens (tertiary/aromatic N) is 4. The van der Waals surface area contributed by atoms with E-state index in [0.717, 1.165) is 75.1 Å². The Bertz CT molecular complexity index is 823. The van der Waals surface area contributed by atoms with Crippen LogP contribution in [-0.4, -0.2) is 66.5 Å². The number of likely N-dealkylation sites (tertiary alicyclic amines) is 1. The van der Waals surface area contributed by atoms with Crippen molar-refractivity contribution in [3.8, 4) is 0 Å². The Morgan fingerprint density at radius 1 is 1.07 bits per heavy atom. The predicted octanol–water partition coefficient (Wildman–Crippen LogP) is 3.73. The van der Waals surface area contributed by atoms with Crippen LogP contribution in [0, 0.1) is 5.92 Å². The molecule has 1 aromatic heterocycles. The lowest BCUT2D eigenvalue weighted by atomic mass is 9.96. The van der Waals surface area contributed by atoms with Crippen LogP contribution < -0.4 is 4.90 Å². The summed E-state index contributed by atoms with van der Waals surface area (Å²) in [5, 5.41) is 0.737. The Morgan fingerprint density at radius 3 is 2.70 bits per heavy atom. The lowest BCUT2D eigenvalue weighted by Gasteiger charge is -2.39. The number of carbonyl (C=O) groups is 1. The van der Waals surface area contributed by atoms with Crippen molar-refractivity contribution in [3.63, 3.8) is 0 Å². The maximum Gasteiger partial charge on any atom is 0.222 e. The van der Waals surface area contributed by atoms with Crippen LogP contribution in [0.5, 0.6) is 0 Å². The van der Waals surface area contributed by atoms with Gasteiger partial charge in [-0.15, -0.1) is 0 Å². The number of benzene rings is 1. The number of amides is 1. The van der Waals surface area contributed by atoms with E-state index in [-0.39, 0.29) is 5.91 Å². The van der Waals surface area contributed by atoms with Crippen molar-refractivity contribution in [1.29, 1.82) is 0 Å². The third-order valence-corrected chi connectivity index (χ3v) is 6.49. The second kappa shape index (κ2) is 10.3. The summed E-state index contributed by atoms with van der Waals surface area (Å²) in [6.45, 7) is 7.06. The predicted molar refractivity (Wildman–Crippen MR) is 122 cm³/mol. The van der Waals surface area contributed by atoms with Crippen LogP contribution in [0.3, 0.4) is 0 Å². The summed E-state index contributed by atoms with van der Waals surface area (Å²) < 4.78 is 0. The second-order valence-electron chi connectivity index (χ2n) is 8.45. The summed E-state index contributed by atoms with van der Waals surface area (Å²) in [5.41, 5.74) is 1.13.